The molecule has 2 amide bonds. The molecule has 0 spiro atoms. The summed E-state index contributed by atoms with van der Waals surface area (Å²) in [6.45, 7) is 5.27. The Kier molecular flexibility index (Phi) is 8.82. The smallest absolute Gasteiger partial charge is 0.329 e. The number of esters is 1. The van der Waals surface area contributed by atoms with E-state index in [0.717, 1.165) is 0 Å². The van der Waals surface area contributed by atoms with Crippen molar-refractivity contribution in [2.45, 2.75) is 19.9 Å². The number of piperazine rings is 1. The van der Waals surface area contributed by atoms with Crippen molar-refractivity contribution in [2.24, 2.45) is 5.92 Å². The average molecular weight is 486 g/mol. The van der Waals surface area contributed by atoms with E-state index in [2.05, 4.69) is 15.3 Å². The van der Waals surface area contributed by atoms with E-state index in [-0.39, 0.29) is 17.4 Å². The van der Waals surface area contributed by atoms with Crippen LogP contribution in [0.1, 0.15) is 24.2 Å². The highest BCUT2D eigenvalue weighted by molar-refractivity contribution is 5.97. The van der Waals surface area contributed by atoms with Crippen molar-refractivity contribution >= 4 is 23.7 Å². The van der Waals surface area contributed by atoms with Crippen molar-refractivity contribution in [3.05, 3.63) is 42.2 Å². The van der Waals surface area contributed by atoms with Crippen LogP contribution in [0.5, 0.6) is 11.5 Å². The van der Waals surface area contributed by atoms with E-state index >= 15 is 0 Å². The minimum atomic E-state index is -0.931. The molecule has 1 atom stereocenters. The zero-order valence-electron chi connectivity index (χ0n) is 20.4. The van der Waals surface area contributed by atoms with Gasteiger partial charge in [0.25, 0.3) is 11.8 Å². The summed E-state index contributed by atoms with van der Waals surface area (Å²) in [7, 11) is 2.97. The first kappa shape index (κ1) is 25.7. The van der Waals surface area contributed by atoms with Crippen LogP contribution in [0.4, 0.5) is 5.95 Å². The van der Waals surface area contributed by atoms with E-state index in [4.69, 9.17) is 14.2 Å². The number of benzene rings is 1. The lowest BCUT2D eigenvalue weighted by atomic mass is 10.0. The summed E-state index contributed by atoms with van der Waals surface area (Å²) in [6.07, 6.45) is 3.35. The van der Waals surface area contributed by atoms with Gasteiger partial charge in [0, 0.05) is 50.2 Å². The fourth-order valence-electron chi connectivity index (χ4n) is 3.59. The molecule has 0 saturated carbocycles. The number of rotatable bonds is 9. The Morgan fingerprint density at radius 1 is 0.971 bits per heavy atom. The monoisotopic (exact) mass is 485 g/mol. The van der Waals surface area contributed by atoms with Gasteiger partial charge >= 0.3 is 5.97 Å². The lowest BCUT2D eigenvalue weighted by Gasteiger charge is -2.34. The Morgan fingerprint density at radius 3 is 2.11 bits per heavy atom. The first-order valence-corrected chi connectivity index (χ1v) is 11.3. The van der Waals surface area contributed by atoms with Gasteiger partial charge in [-0.05, 0) is 24.1 Å². The predicted octanol–water partition coefficient (Wildman–Crippen LogP) is 1.14. The summed E-state index contributed by atoms with van der Waals surface area (Å²) < 4.78 is 15.7. The number of carbonyl (C=O) groups excluding carboxylic acids is 3. The molecular weight excluding hydrogens is 454 g/mol. The van der Waals surface area contributed by atoms with Gasteiger partial charge < -0.3 is 29.3 Å². The van der Waals surface area contributed by atoms with Crippen molar-refractivity contribution in [2.75, 3.05) is 51.9 Å². The summed E-state index contributed by atoms with van der Waals surface area (Å²) in [5.41, 5.74) is 0.274. The molecule has 0 aliphatic carbocycles. The number of nitrogens with one attached hydrogen (secondary N) is 1. The van der Waals surface area contributed by atoms with Crippen LogP contribution in [0.2, 0.25) is 0 Å². The normalized spacial score (nSPS) is 14.3. The van der Waals surface area contributed by atoms with Gasteiger partial charge in [-0.3, -0.25) is 9.59 Å². The molecule has 35 heavy (non-hydrogen) atoms. The number of ether oxygens (including phenoxy) is 3. The van der Waals surface area contributed by atoms with Crippen molar-refractivity contribution < 1.29 is 28.6 Å². The zero-order valence-corrected chi connectivity index (χ0v) is 20.4. The molecule has 0 bridgehead atoms. The van der Waals surface area contributed by atoms with E-state index in [1.807, 2.05) is 4.90 Å². The largest absolute Gasteiger partial charge is 0.497 e. The number of nitrogens with zero attached hydrogens (tertiary/aromatic N) is 4. The number of anilines is 1. The molecule has 2 aromatic rings. The van der Waals surface area contributed by atoms with Gasteiger partial charge in [-0.1, -0.05) is 13.8 Å². The quantitative estimate of drug-likeness (QED) is 0.521. The second kappa shape index (κ2) is 12.0. The van der Waals surface area contributed by atoms with Gasteiger partial charge in [0.2, 0.25) is 5.95 Å². The van der Waals surface area contributed by atoms with Crippen LogP contribution < -0.4 is 19.7 Å². The standard InChI is InChI=1S/C24H31N5O6/c1-16(2)21(27-22(31)17-12-18(33-3)14-19(13-17)34-4)23(32)35-15-20(30)28-8-10-29(11-9-28)24-25-6-5-7-26-24/h5-7,12-14,16,21H,8-11,15H2,1-4H3,(H,27,31)/t21-/m0/s1. The number of hydrogen-bond acceptors (Lipinski definition) is 9. The molecule has 188 valence electrons. The van der Waals surface area contributed by atoms with Crippen LogP contribution in [0.3, 0.4) is 0 Å². The lowest BCUT2D eigenvalue weighted by molar-refractivity contribution is -0.154. The third-order valence-corrected chi connectivity index (χ3v) is 5.63. The minimum absolute atomic E-state index is 0.261. The number of methoxy groups -OCH3 is 2. The molecule has 1 N–H and O–H groups in total. The highest BCUT2D eigenvalue weighted by Crippen LogP contribution is 2.22. The molecule has 1 aliphatic rings. The Balaban J connectivity index is 1.53. The molecule has 1 aromatic heterocycles. The number of carbonyl (C=O) groups is 3. The maximum absolute atomic E-state index is 12.8. The fraction of sp³-hybridized carbons (Fsp3) is 0.458. The summed E-state index contributed by atoms with van der Waals surface area (Å²) in [5.74, 6) is -0.196. The fourth-order valence-corrected chi connectivity index (χ4v) is 3.59. The van der Waals surface area contributed by atoms with E-state index in [1.54, 1.807) is 55.4 Å². The van der Waals surface area contributed by atoms with Gasteiger partial charge in [0.15, 0.2) is 6.61 Å². The molecule has 1 fully saturated rings. The van der Waals surface area contributed by atoms with Crippen LogP contribution in [0.25, 0.3) is 0 Å². The number of hydrogen-bond donors (Lipinski definition) is 1. The summed E-state index contributed by atoms with van der Waals surface area (Å²) >= 11 is 0. The Morgan fingerprint density at radius 2 is 1.57 bits per heavy atom. The van der Waals surface area contributed by atoms with Gasteiger partial charge in [-0.2, -0.15) is 0 Å². The third kappa shape index (κ3) is 6.81. The highest BCUT2D eigenvalue weighted by Gasteiger charge is 2.29. The maximum Gasteiger partial charge on any atom is 0.329 e. The topological polar surface area (TPSA) is 123 Å². The summed E-state index contributed by atoms with van der Waals surface area (Å²) in [6, 6.07) is 5.55. The van der Waals surface area contributed by atoms with Crippen LogP contribution in [0, 0.1) is 5.92 Å². The summed E-state index contributed by atoms with van der Waals surface area (Å²) in [5, 5.41) is 2.69. The van der Waals surface area contributed by atoms with Crippen LogP contribution >= 0.6 is 0 Å². The SMILES string of the molecule is COc1cc(OC)cc(C(=O)N[C@H](C(=O)OCC(=O)N2CCN(c3ncccn3)CC2)C(C)C)c1. The summed E-state index contributed by atoms with van der Waals surface area (Å²) in [4.78, 5) is 50.2. The molecule has 11 heteroatoms. The van der Waals surface area contributed by atoms with Gasteiger partial charge in [-0.25, -0.2) is 14.8 Å². The zero-order chi connectivity index (χ0) is 25.4. The minimum Gasteiger partial charge on any atom is -0.497 e. The maximum atomic E-state index is 12.8. The highest BCUT2D eigenvalue weighted by atomic mass is 16.5. The molecule has 0 radical (unpaired) electrons. The van der Waals surface area contributed by atoms with Crippen molar-refractivity contribution in [3.63, 3.8) is 0 Å². The van der Waals surface area contributed by atoms with Crippen LogP contribution in [-0.4, -0.2) is 85.7 Å². The van der Waals surface area contributed by atoms with E-state index in [9.17, 15) is 14.4 Å². The molecular formula is C24H31N5O6. The third-order valence-electron chi connectivity index (χ3n) is 5.63. The Bertz CT molecular complexity index is 1000. The van der Waals surface area contributed by atoms with E-state index in [1.165, 1.54) is 14.2 Å². The van der Waals surface area contributed by atoms with Gasteiger partial charge in [0.05, 0.1) is 14.2 Å². The molecule has 1 aliphatic heterocycles. The molecule has 1 aromatic carbocycles. The molecule has 3 rings (SSSR count). The van der Waals surface area contributed by atoms with E-state index in [0.29, 0.717) is 43.6 Å². The molecule has 2 heterocycles. The Labute approximate surface area is 204 Å². The van der Waals surface area contributed by atoms with Crippen molar-refractivity contribution in [1.82, 2.24) is 20.2 Å². The second-order valence-electron chi connectivity index (χ2n) is 8.32. The van der Waals surface area contributed by atoms with Crippen LogP contribution in [0.15, 0.2) is 36.7 Å². The molecule has 11 nitrogen and oxygen atoms in total. The van der Waals surface area contributed by atoms with Crippen molar-refractivity contribution in [3.8, 4) is 11.5 Å². The number of aromatic nitrogens is 2. The lowest BCUT2D eigenvalue weighted by Crippen LogP contribution is -2.51. The first-order valence-electron chi connectivity index (χ1n) is 11.3. The molecule has 0 unspecified atom stereocenters. The van der Waals surface area contributed by atoms with Crippen LogP contribution in [-0.2, 0) is 14.3 Å². The first-order chi connectivity index (χ1) is 16.8. The Hall–Kier alpha value is -3.89. The second-order valence-corrected chi connectivity index (χ2v) is 8.32. The van der Waals surface area contributed by atoms with E-state index < -0.39 is 24.5 Å². The van der Waals surface area contributed by atoms with Gasteiger partial charge in [-0.15, -0.1) is 0 Å². The van der Waals surface area contributed by atoms with Crippen molar-refractivity contribution in [1.29, 1.82) is 0 Å². The average Bonchev–Trinajstić information content (AvgIpc) is 2.90. The molecule has 1 saturated heterocycles. The number of amides is 2. The van der Waals surface area contributed by atoms with Gasteiger partial charge in [0.1, 0.15) is 17.5 Å². The predicted molar refractivity (Wildman–Crippen MR) is 127 cm³/mol.